The Kier molecular flexibility index (Phi) is 7.38. The van der Waals surface area contributed by atoms with Gasteiger partial charge in [0, 0.05) is 11.9 Å². The number of sulfonamides is 1. The summed E-state index contributed by atoms with van der Waals surface area (Å²) in [5, 5.41) is 0.895. The number of aryl methyl sites for hydroxylation is 1. The van der Waals surface area contributed by atoms with Crippen molar-refractivity contribution in [3.63, 3.8) is 0 Å². The zero-order chi connectivity index (χ0) is 20.7. The van der Waals surface area contributed by atoms with Gasteiger partial charge in [-0.1, -0.05) is 30.3 Å². The van der Waals surface area contributed by atoms with Crippen LogP contribution in [0.25, 0.3) is 10.9 Å². The Labute approximate surface area is 168 Å². The molecule has 0 atom stereocenters. The fourth-order valence-corrected chi connectivity index (χ4v) is 3.84. The third-order valence-electron chi connectivity index (χ3n) is 3.80. The predicted molar refractivity (Wildman–Crippen MR) is 110 cm³/mol. The Balaban J connectivity index is 0.000000878. The van der Waals surface area contributed by atoms with Crippen LogP contribution in [0.5, 0.6) is 0 Å². The first-order valence-corrected chi connectivity index (χ1v) is 10.5. The maximum absolute atomic E-state index is 12.7. The summed E-state index contributed by atoms with van der Waals surface area (Å²) in [4.78, 5) is 6.91. The molecule has 0 aliphatic heterocycles. The molecule has 0 bridgehead atoms. The number of nitrogens with one attached hydrogen (secondary N) is 1. The van der Waals surface area contributed by atoms with Crippen molar-refractivity contribution in [1.29, 1.82) is 0 Å². The van der Waals surface area contributed by atoms with Crippen LogP contribution in [-0.4, -0.2) is 40.8 Å². The van der Waals surface area contributed by atoms with Gasteiger partial charge in [0.2, 0.25) is 0 Å². The number of nitrogens with zero attached hydrogens (tertiary/aromatic N) is 2. The number of benzene rings is 2. The summed E-state index contributed by atoms with van der Waals surface area (Å²) in [5.74, 6) is 0. The summed E-state index contributed by atoms with van der Waals surface area (Å²) < 4.78 is 44.7. The normalized spacial score (nSPS) is 11.0. The maximum Gasteiger partial charge on any atom is 0.335 e. The Morgan fingerprint density at radius 3 is 2.36 bits per heavy atom. The molecule has 7 nitrogen and oxygen atoms in total. The molecule has 0 spiro atoms. The van der Waals surface area contributed by atoms with Gasteiger partial charge < -0.3 is 4.90 Å². The van der Waals surface area contributed by atoms with Crippen LogP contribution in [0, 0.1) is 6.92 Å². The van der Waals surface area contributed by atoms with E-state index in [4.69, 9.17) is 8.42 Å². The summed E-state index contributed by atoms with van der Waals surface area (Å²) >= 11 is -0.750. The van der Waals surface area contributed by atoms with Crippen LogP contribution in [0.1, 0.15) is 11.3 Å². The van der Waals surface area contributed by atoms with E-state index >= 15 is 0 Å². The molecule has 0 unspecified atom stereocenters. The summed E-state index contributed by atoms with van der Waals surface area (Å²) in [5.41, 5.74) is 2.92. The second-order valence-corrected chi connectivity index (χ2v) is 8.23. The van der Waals surface area contributed by atoms with Crippen LogP contribution in [0.4, 0.5) is 5.69 Å². The fourth-order valence-electron chi connectivity index (χ4n) is 2.67. The maximum atomic E-state index is 12.7. The molecule has 1 N–H and O–H groups in total. The zero-order valence-corrected chi connectivity index (χ0v) is 17.4. The van der Waals surface area contributed by atoms with E-state index in [0.29, 0.717) is 17.7 Å². The molecule has 3 aromatic rings. The summed E-state index contributed by atoms with van der Waals surface area (Å²) in [6.07, 6.45) is 0. The molecule has 1 heterocycles. The predicted octanol–water partition coefficient (Wildman–Crippen LogP) is 2.74. The number of hydrogen-bond acceptors (Lipinski definition) is 6. The number of hydrogen-bond donors (Lipinski definition) is 1. The smallest absolute Gasteiger partial charge is 0.304 e. The first-order valence-electron chi connectivity index (χ1n) is 8.31. The molecule has 28 heavy (non-hydrogen) atoms. The monoisotopic (exact) mass is 419 g/mol. The van der Waals surface area contributed by atoms with Gasteiger partial charge in [-0.05, 0) is 50.8 Å². The highest BCUT2D eigenvalue weighted by Gasteiger charge is 2.16. The lowest BCUT2D eigenvalue weighted by molar-refractivity contribution is 0.397. The molecule has 0 fully saturated rings. The van der Waals surface area contributed by atoms with Gasteiger partial charge in [-0.2, -0.15) is 8.42 Å². The van der Waals surface area contributed by atoms with Crippen LogP contribution in [0.2, 0.25) is 0 Å². The molecule has 0 radical (unpaired) electrons. The number of rotatable bonds is 5. The van der Waals surface area contributed by atoms with Crippen molar-refractivity contribution in [2.75, 3.05) is 18.8 Å². The molecule has 0 aliphatic carbocycles. The lowest BCUT2D eigenvalue weighted by Gasteiger charge is -2.13. The average Bonchev–Trinajstić information content (AvgIpc) is 2.62. The van der Waals surface area contributed by atoms with E-state index in [2.05, 4.69) is 9.71 Å². The van der Waals surface area contributed by atoms with Gasteiger partial charge >= 0.3 is 11.6 Å². The van der Waals surface area contributed by atoms with E-state index in [1.807, 2.05) is 56.3 Å². The Morgan fingerprint density at radius 2 is 1.71 bits per heavy atom. The van der Waals surface area contributed by atoms with Gasteiger partial charge in [-0.3, -0.25) is 4.72 Å². The highest BCUT2D eigenvalue weighted by Crippen LogP contribution is 2.25. The minimum Gasteiger partial charge on any atom is -0.304 e. The van der Waals surface area contributed by atoms with E-state index in [-0.39, 0.29) is 4.90 Å². The average molecular weight is 420 g/mol. The molecule has 0 aliphatic rings. The van der Waals surface area contributed by atoms with Crippen molar-refractivity contribution in [3.8, 4) is 0 Å². The topological polar surface area (TPSA) is 96.4 Å². The summed E-state index contributed by atoms with van der Waals surface area (Å²) in [7, 11) is 0.277. The summed E-state index contributed by atoms with van der Waals surface area (Å²) in [6.45, 7) is 2.56. The van der Waals surface area contributed by atoms with Crippen molar-refractivity contribution >= 4 is 38.2 Å². The number of anilines is 1. The molecular formula is C19H21N3O4S2. The number of fused-ring (bicyclic) bond motifs is 1. The molecule has 9 heteroatoms. The zero-order valence-electron chi connectivity index (χ0n) is 15.7. The van der Waals surface area contributed by atoms with Gasteiger partial charge in [-0.15, -0.1) is 0 Å². The summed E-state index contributed by atoms with van der Waals surface area (Å²) in [6, 6.07) is 16.3. The molecule has 0 saturated heterocycles. The van der Waals surface area contributed by atoms with Gasteiger partial charge in [0.25, 0.3) is 10.0 Å². The molecule has 148 valence electrons. The fraction of sp³-hybridized carbons (Fsp3) is 0.211. The van der Waals surface area contributed by atoms with Crippen molar-refractivity contribution in [2.45, 2.75) is 18.4 Å². The van der Waals surface area contributed by atoms with E-state index < -0.39 is 21.6 Å². The highest BCUT2D eigenvalue weighted by atomic mass is 32.2. The van der Waals surface area contributed by atoms with Crippen molar-refractivity contribution < 1.29 is 16.8 Å². The molecule has 0 saturated carbocycles. The van der Waals surface area contributed by atoms with Crippen LogP contribution in [-0.2, 0) is 28.1 Å². The lowest BCUT2D eigenvalue weighted by atomic mass is 10.2. The molecule has 2 aromatic carbocycles. The molecule has 1 aromatic heterocycles. The van der Waals surface area contributed by atoms with E-state index in [1.54, 1.807) is 24.3 Å². The Hall–Kier alpha value is -2.62. The van der Waals surface area contributed by atoms with Crippen LogP contribution >= 0.6 is 0 Å². The largest absolute Gasteiger partial charge is 0.335 e. The highest BCUT2D eigenvalue weighted by molar-refractivity contribution is 7.92. The van der Waals surface area contributed by atoms with Crippen LogP contribution in [0.15, 0.2) is 59.5 Å². The Bertz CT molecular complexity index is 1110. The van der Waals surface area contributed by atoms with Gasteiger partial charge in [0.15, 0.2) is 0 Å². The van der Waals surface area contributed by atoms with Gasteiger partial charge in [0.05, 0.1) is 21.8 Å². The molecular weight excluding hydrogens is 398 g/mol. The van der Waals surface area contributed by atoms with Gasteiger partial charge in [-0.25, -0.2) is 13.4 Å². The quantitative estimate of drug-likeness (QED) is 0.683. The van der Waals surface area contributed by atoms with E-state index in [9.17, 15) is 8.42 Å². The third-order valence-corrected chi connectivity index (χ3v) is 5.16. The third kappa shape index (κ3) is 5.69. The van der Waals surface area contributed by atoms with Crippen LogP contribution in [0.3, 0.4) is 0 Å². The second-order valence-electron chi connectivity index (χ2n) is 6.41. The Morgan fingerprint density at radius 1 is 1.04 bits per heavy atom. The number of para-hydroxylation sites is 1. The minimum atomic E-state index is -3.66. The van der Waals surface area contributed by atoms with Crippen molar-refractivity contribution in [3.05, 3.63) is 65.9 Å². The molecule has 3 rings (SSSR count). The number of pyridine rings is 1. The van der Waals surface area contributed by atoms with E-state index in [1.165, 1.54) is 0 Å². The standard InChI is InChI=1S/C19H21N3O2S.O2S/c1-14-6-4-8-17(12-14)25(23,24)21-18-9-5-7-15-10-11-16(13-22(2)3)20-19(15)18;1-3-2/h4-12,21H,13H2,1-3H3;. The number of aromatic nitrogens is 1. The SMILES string of the molecule is Cc1cccc(S(=O)(=O)Nc2cccc3ccc(CN(C)C)nc23)c1.O=S=O. The minimum absolute atomic E-state index is 0.244. The van der Waals surface area contributed by atoms with Crippen molar-refractivity contribution in [1.82, 2.24) is 9.88 Å². The van der Waals surface area contributed by atoms with E-state index in [0.717, 1.165) is 16.6 Å². The van der Waals surface area contributed by atoms with Crippen LogP contribution < -0.4 is 4.72 Å². The van der Waals surface area contributed by atoms with Crippen molar-refractivity contribution in [2.24, 2.45) is 0 Å². The molecule has 0 amide bonds. The van der Waals surface area contributed by atoms with Gasteiger partial charge in [0.1, 0.15) is 0 Å². The second kappa shape index (κ2) is 9.54. The first kappa shape index (κ1) is 21.7. The first-order chi connectivity index (χ1) is 13.3. The lowest BCUT2D eigenvalue weighted by Crippen LogP contribution is -2.14.